The van der Waals surface area contributed by atoms with Crippen molar-refractivity contribution in [3.63, 3.8) is 0 Å². The zero-order valence-corrected chi connectivity index (χ0v) is 12.3. The third kappa shape index (κ3) is 4.22. The summed E-state index contributed by atoms with van der Waals surface area (Å²) in [5, 5.41) is 9.06. The van der Waals surface area contributed by atoms with Crippen molar-refractivity contribution in [1.82, 2.24) is 0 Å². The van der Waals surface area contributed by atoms with Gasteiger partial charge in [0.25, 0.3) is 0 Å². The van der Waals surface area contributed by atoms with Gasteiger partial charge in [0.1, 0.15) is 0 Å². The van der Waals surface area contributed by atoms with E-state index in [4.69, 9.17) is 5.11 Å². The van der Waals surface area contributed by atoms with Gasteiger partial charge in [0.2, 0.25) is 0 Å². The number of carboxylic acid groups (broad SMARTS) is 1. The van der Waals surface area contributed by atoms with E-state index in [1.165, 1.54) is 19.1 Å². The molecule has 1 unspecified atom stereocenters. The van der Waals surface area contributed by atoms with Crippen molar-refractivity contribution in [1.29, 1.82) is 0 Å². The van der Waals surface area contributed by atoms with Gasteiger partial charge in [-0.15, -0.1) is 0 Å². The average Bonchev–Trinajstić information content (AvgIpc) is 2.52. The van der Waals surface area contributed by atoms with Crippen molar-refractivity contribution in [3.8, 4) is 0 Å². The van der Waals surface area contributed by atoms with Crippen LogP contribution in [-0.4, -0.2) is 11.1 Å². The van der Waals surface area contributed by atoms with Crippen molar-refractivity contribution >= 4 is 5.97 Å². The summed E-state index contributed by atoms with van der Waals surface area (Å²) in [7, 11) is 0. The first-order valence-electron chi connectivity index (χ1n) is 6.93. The Morgan fingerprint density at radius 3 is 2.00 bits per heavy atom. The van der Waals surface area contributed by atoms with Gasteiger partial charge in [0.15, 0.2) is 0 Å². The molecule has 2 aromatic carbocycles. The summed E-state index contributed by atoms with van der Waals surface area (Å²) in [6.45, 7) is 1.46. The Labute approximate surface area is 131 Å². The lowest BCUT2D eigenvalue weighted by Crippen LogP contribution is -2.06. The summed E-state index contributed by atoms with van der Waals surface area (Å²) < 4.78 is 38.0. The second-order valence-corrected chi connectivity index (χ2v) is 5.16. The third-order valence-corrected chi connectivity index (χ3v) is 3.51. The fourth-order valence-electron chi connectivity index (χ4n) is 2.25. The highest BCUT2D eigenvalue weighted by atomic mass is 19.4. The molecule has 0 bridgehead atoms. The molecule has 23 heavy (non-hydrogen) atoms. The molecule has 2 aromatic rings. The van der Waals surface area contributed by atoms with E-state index in [0.29, 0.717) is 5.56 Å². The Morgan fingerprint density at radius 1 is 1.00 bits per heavy atom. The van der Waals surface area contributed by atoms with E-state index in [0.717, 1.165) is 17.7 Å². The van der Waals surface area contributed by atoms with Crippen molar-refractivity contribution < 1.29 is 23.1 Å². The van der Waals surface area contributed by atoms with E-state index in [9.17, 15) is 18.0 Å². The van der Waals surface area contributed by atoms with Gasteiger partial charge in [-0.25, -0.2) is 4.79 Å². The Bertz CT molecular complexity index is 701. The number of carboxylic acids is 1. The Balaban J connectivity index is 2.46. The van der Waals surface area contributed by atoms with Gasteiger partial charge in [0, 0.05) is 11.5 Å². The molecule has 0 spiro atoms. The molecule has 0 aliphatic heterocycles. The summed E-state index contributed by atoms with van der Waals surface area (Å²) in [6.07, 6.45) is -2.85. The second-order valence-electron chi connectivity index (χ2n) is 5.16. The maximum Gasteiger partial charge on any atom is 0.416 e. The van der Waals surface area contributed by atoms with Gasteiger partial charge in [-0.05, 0) is 30.2 Å². The van der Waals surface area contributed by atoms with Crippen LogP contribution in [0.5, 0.6) is 0 Å². The summed E-state index contributed by atoms with van der Waals surface area (Å²) in [5.74, 6) is -1.48. The number of benzene rings is 2. The molecule has 120 valence electrons. The van der Waals surface area contributed by atoms with Crippen LogP contribution in [0.4, 0.5) is 13.2 Å². The Hall–Kier alpha value is -2.56. The molecule has 0 saturated heterocycles. The quantitative estimate of drug-likeness (QED) is 0.816. The molecular formula is C18H15F3O2. The van der Waals surface area contributed by atoms with Crippen LogP contribution in [0.2, 0.25) is 0 Å². The third-order valence-electron chi connectivity index (χ3n) is 3.51. The lowest BCUT2D eigenvalue weighted by atomic mass is 9.89. The van der Waals surface area contributed by atoms with Gasteiger partial charge in [-0.1, -0.05) is 48.5 Å². The Morgan fingerprint density at radius 2 is 1.52 bits per heavy atom. The first kappa shape index (κ1) is 16.8. The number of hydrogen-bond donors (Lipinski definition) is 1. The van der Waals surface area contributed by atoms with Gasteiger partial charge in [-0.2, -0.15) is 13.2 Å². The molecule has 1 N–H and O–H groups in total. The highest BCUT2D eigenvalue weighted by Gasteiger charge is 2.30. The molecule has 5 heteroatoms. The number of alkyl halides is 3. The molecule has 0 aromatic heterocycles. The molecule has 0 heterocycles. The predicted octanol–water partition coefficient (Wildman–Crippen LogP) is 4.87. The van der Waals surface area contributed by atoms with Crippen LogP contribution in [0.3, 0.4) is 0 Å². The fourth-order valence-corrected chi connectivity index (χ4v) is 2.25. The maximum absolute atomic E-state index is 12.7. The van der Waals surface area contributed by atoms with E-state index >= 15 is 0 Å². The maximum atomic E-state index is 12.7. The van der Waals surface area contributed by atoms with Crippen molar-refractivity contribution in [2.45, 2.75) is 19.0 Å². The molecule has 0 amide bonds. The van der Waals surface area contributed by atoms with Crippen molar-refractivity contribution in [3.05, 3.63) is 82.9 Å². The molecule has 0 aliphatic rings. The van der Waals surface area contributed by atoms with Gasteiger partial charge in [-0.3, -0.25) is 0 Å². The Kier molecular flexibility index (Phi) is 4.89. The minimum atomic E-state index is -4.40. The fraction of sp³-hybridized carbons (Fsp3) is 0.167. The number of halogens is 3. The minimum absolute atomic E-state index is 0.138. The molecule has 0 aliphatic carbocycles. The van der Waals surface area contributed by atoms with Crippen LogP contribution in [0, 0.1) is 0 Å². The lowest BCUT2D eigenvalue weighted by molar-refractivity contribution is -0.137. The van der Waals surface area contributed by atoms with E-state index in [1.54, 1.807) is 18.2 Å². The largest absolute Gasteiger partial charge is 0.478 e. The van der Waals surface area contributed by atoms with E-state index in [-0.39, 0.29) is 5.57 Å². The van der Waals surface area contributed by atoms with Crippen LogP contribution >= 0.6 is 0 Å². The molecule has 0 saturated carbocycles. The highest BCUT2D eigenvalue weighted by Crippen LogP contribution is 2.32. The lowest BCUT2D eigenvalue weighted by Gasteiger charge is -2.16. The zero-order valence-electron chi connectivity index (χ0n) is 12.3. The zero-order chi connectivity index (χ0) is 17.0. The number of carbonyl (C=O) groups is 1. The summed E-state index contributed by atoms with van der Waals surface area (Å²) in [6, 6.07) is 13.8. The van der Waals surface area contributed by atoms with E-state index < -0.39 is 23.6 Å². The normalized spacial score (nSPS) is 13.7. The second kappa shape index (κ2) is 6.69. The van der Waals surface area contributed by atoms with Gasteiger partial charge < -0.3 is 5.11 Å². The van der Waals surface area contributed by atoms with Crippen LogP contribution in [0.15, 0.2) is 66.2 Å². The van der Waals surface area contributed by atoms with Crippen LogP contribution in [-0.2, 0) is 11.0 Å². The average molecular weight is 320 g/mol. The van der Waals surface area contributed by atoms with Crippen LogP contribution in [0.25, 0.3) is 0 Å². The monoisotopic (exact) mass is 320 g/mol. The molecule has 0 fully saturated rings. The number of aliphatic carboxylic acids is 1. The van der Waals surface area contributed by atoms with E-state index in [1.807, 2.05) is 18.2 Å². The number of rotatable bonds is 4. The summed E-state index contributed by atoms with van der Waals surface area (Å²) in [4.78, 5) is 11.1. The highest BCUT2D eigenvalue weighted by molar-refractivity contribution is 5.86. The molecule has 2 nitrogen and oxygen atoms in total. The van der Waals surface area contributed by atoms with Crippen molar-refractivity contribution in [2.75, 3.05) is 0 Å². The SMILES string of the molecule is C/C(=C\C(c1ccccc1)c1ccc(C(F)(F)F)cc1)C(=O)O. The minimum Gasteiger partial charge on any atom is -0.478 e. The first-order valence-corrected chi connectivity index (χ1v) is 6.93. The standard InChI is InChI=1S/C18H15F3O2/c1-12(17(22)23)11-16(13-5-3-2-4-6-13)14-7-9-15(10-8-14)18(19,20)21/h2-11,16H,1H3,(H,22,23)/b12-11+. The topological polar surface area (TPSA) is 37.3 Å². The first-order chi connectivity index (χ1) is 10.8. The van der Waals surface area contributed by atoms with Crippen LogP contribution < -0.4 is 0 Å². The predicted molar refractivity (Wildman–Crippen MR) is 81.1 cm³/mol. The van der Waals surface area contributed by atoms with E-state index in [2.05, 4.69) is 0 Å². The number of hydrogen-bond acceptors (Lipinski definition) is 1. The molecular weight excluding hydrogens is 305 g/mol. The molecule has 0 radical (unpaired) electrons. The molecule has 2 rings (SSSR count). The van der Waals surface area contributed by atoms with Crippen molar-refractivity contribution in [2.24, 2.45) is 0 Å². The summed E-state index contributed by atoms with van der Waals surface area (Å²) in [5.41, 5.74) is 0.823. The van der Waals surface area contributed by atoms with Gasteiger partial charge >= 0.3 is 12.1 Å². The number of allylic oxidation sites excluding steroid dienone is 1. The van der Waals surface area contributed by atoms with Gasteiger partial charge in [0.05, 0.1) is 5.56 Å². The van der Waals surface area contributed by atoms with Crippen LogP contribution in [0.1, 0.15) is 29.5 Å². The molecule has 1 atom stereocenters. The summed E-state index contributed by atoms with van der Waals surface area (Å²) >= 11 is 0. The smallest absolute Gasteiger partial charge is 0.416 e.